The highest BCUT2D eigenvalue weighted by molar-refractivity contribution is 6.09. The number of benzene rings is 6. The van der Waals surface area contributed by atoms with Gasteiger partial charge in [-0.3, -0.25) is 4.57 Å². The standard InChI is InChI=1S/C42H27N5/c1-3-12-28(13-4-1)42(29-14-5-2-6-15-29)33-23-22-30(46-37-20-9-7-16-31(37)32-17-8-10-21-38(32)46)26-39(33)47-40-34(42)18-11-19-35(40)45-41(47)36-24-25-43-27-44-36/h1-27H. The molecule has 1 aliphatic rings. The molecule has 0 fully saturated rings. The van der Waals surface area contributed by atoms with Crippen LogP contribution in [-0.2, 0) is 5.41 Å². The Morgan fingerprint density at radius 3 is 1.85 bits per heavy atom. The molecular weight excluding hydrogens is 574 g/mol. The molecule has 0 saturated heterocycles. The summed E-state index contributed by atoms with van der Waals surface area (Å²) in [5, 5.41) is 2.47. The molecule has 3 aromatic heterocycles. The number of para-hydroxylation sites is 3. The maximum absolute atomic E-state index is 5.26. The normalized spacial score (nSPS) is 13.3. The summed E-state index contributed by atoms with van der Waals surface area (Å²) in [6.45, 7) is 0. The predicted octanol–water partition coefficient (Wildman–Crippen LogP) is 9.28. The number of fused-ring (bicyclic) bond motifs is 5. The molecule has 5 nitrogen and oxygen atoms in total. The quantitative estimate of drug-likeness (QED) is 0.202. The Balaban J connectivity index is 1.39. The molecule has 9 aromatic rings. The molecule has 220 valence electrons. The lowest BCUT2D eigenvalue weighted by Crippen LogP contribution is -2.35. The van der Waals surface area contributed by atoms with E-state index in [1.54, 1.807) is 12.5 Å². The van der Waals surface area contributed by atoms with Crippen molar-refractivity contribution in [1.82, 2.24) is 24.1 Å². The molecule has 6 aromatic carbocycles. The minimum atomic E-state index is -0.588. The topological polar surface area (TPSA) is 48.5 Å². The van der Waals surface area contributed by atoms with Crippen LogP contribution in [0.4, 0.5) is 0 Å². The van der Waals surface area contributed by atoms with Crippen LogP contribution in [0.15, 0.2) is 164 Å². The third-order valence-electron chi connectivity index (χ3n) is 9.77. The van der Waals surface area contributed by atoms with E-state index in [9.17, 15) is 0 Å². The molecule has 1 aliphatic heterocycles. The number of hydrogen-bond donors (Lipinski definition) is 0. The van der Waals surface area contributed by atoms with Gasteiger partial charge in [0.15, 0.2) is 5.82 Å². The van der Waals surface area contributed by atoms with Crippen LogP contribution < -0.4 is 0 Å². The van der Waals surface area contributed by atoms with Crippen LogP contribution in [0, 0.1) is 0 Å². The Kier molecular flexibility index (Phi) is 5.43. The van der Waals surface area contributed by atoms with Gasteiger partial charge in [0.05, 0.1) is 33.2 Å². The molecule has 0 radical (unpaired) electrons. The zero-order valence-corrected chi connectivity index (χ0v) is 25.3. The highest BCUT2D eigenvalue weighted by atomic mass is 15.1. The molecule has 47 heavy (non-hydrogen) atoms. The second kappa shape index (κ2) is 9.83. The van der Waals surface area contributed by atoms with Crippen LogP contribution in [0.2, 0.25) is 0 Å². The summed E-state index contributed by atoms with van der Waals surface area (Å²) in [5.74, 6) is 0.796. The van der Waals surface area contributed by atoms with Crippen LogP contribution in [0.3, 0.4) is 0 Å². The molecular formula is C42H27N5. The smallest absolute Gasteiger partial charge is 0.164 e. The molecule has 0 spiro atoms. The Morgan fingerprint density at radius 2 is 1.19 bits per heavy atom. The van der Waals surface area contributed by atoms with Crippen molar-refractivity contribution in [3.8, 4) is 22.9 Å². The second-order valence-corrected chi connectivity index (χ2v) is 12.1. The van der Waals surface area contributed by atoms with Gasteiger partial charge < -0.3 is 4.57 Å². The van der Waals surface area contributed by atoms with E-state index in [0.29, 0.717) is 0 Å². The van der Waals surface area contributed by atoms with Crippen molar-refractivity contribution in [2.24, 2.45) is 0 Å². The fourth-order valence-corrected chi connectivity index (χ4v) is 7.93. The van der Waals surface area contributed by atoms with Crippen molar-refractivity contribution in [2.45, 2.75) is 5.41 Å². The molecule has 5 heteroatoms. The zero-order chi connectivity index (χ0) is 31.0. The van der Waals surface area contributed by atoms with E-state index in [1.807, 2.05) is 6.07 Å². The Hall–Kier alpha value is -6.33. The monoisotopic (exact) mass is 601 g/mol. The van der Waals surface area contributed by atoms with Gasteiger partial charge in [0.2, 0.25) is 0 Å². The van der Waals surface area contributed by atoms with Gasteiger partial charge in [-0.2, -0.15) is 0 Å². The predicted molar refractivity (Wildman–Crippen MR) is 188 cm³/mol. The lowest BCUT2D eigenvalue weighted by Gasteiger charge is -2.41. The zero-order valence-electron chi connectivity index (χ0n) is 25.3. The van der Waals surface area contributed by atoms with E-state index in [4.69, 9.17) is 4.98 Å². The van der Waals surface area contributed by atoms with Crippen LogP contribution >= 0.6 is 0 Å². The Labute approximate surface area is 271 Å². The van der Waals surface area contributed by atoms with E-state index < -0.39 is 5.41 Å². The number of rotatable bonds is 4. The summed E-state index contributed by atoms with van der Waals surface area (Å²) in [4.78, 5) is 14.2. The summed E-state index contributed by atoms with van der Waals surface area (Å²) >= 11 is 0. The first kappa shape index (κ1) is 25.9. The van der Waals surface area contributed by atoms with Crippen LogP contribution in [0.25, 0.3) is 55.7 Å². The van der Waals surface area contributed by atoms with E-state index in [-0.39, 0.29) is 0 Å². The van der Waals surface area contributed by atoms with Gasteiger partial charge in [0, 0.05) is 22.7 Å². The van der Waals surface area contributed by atoms with Crippen LogP contribution in [0.1, 0.15) is 22.3 Å². The number of nitrogens with zero attached hydrogens (tertiary/aromatic N) is 5. The van der Waals surface area contributed by atoms with Crippen molar-refractivity contribution in [3.05, 3.63) is 186 Å². The highest BCUT2D eigenvalue weighted by Gasteiger charge is 2.45. The van der Waals surface area contributed by atoms with E-state index in [1.165, 1.54) is 44.1 Å². The van der Waals surface area contributed by atoms with Crippen molar-refractivity contribution in [3.63, 3.8) is 0 Å². The molecule has 0 bridgehead atoms. The molecule has 10 rings (SSSR count). The van der Waals surface area contributed by atoms with Crippen LogP contribution in [-0.4, -0.2) is 24.1 Å². The van der Waals surface area contributed by atoms with Crippen molar-refractivity contribution in [1.29, 1.82) is 0 Å². The third-order valence-corrected chi connectivity index (χ3v) is 9.77. The van der Waals surface area contributed by atoms with Gasteiger partial charge in [-0.05, 0) is 58.7 Å². The van der Waals surface area contributed by atoms with E-state index in [0.717, 1.165) is 33.9 Å². The maximum Gasteiger partial charge on any atom is 0.164 e. The van der Waals surface area contributed by atoms with Crippen molar-refractivity contribution in [2.75, 3.05) is 0 Å². The summed E-state index contributed by atoms with van der Waals surface area (Å²) in [6, 6.07) is 54.5. The average Bonchev–Trinajstić information content (AvgIpc) is 3.71. The Bertz CT molecular complexity index is 2530. The first-order chi connectivity index (χ1) is 23.3. The number of hydrogen-bond acceptors (Lipinski definition) is 3. The van der Waals surface area contributed by atoms with E-state index in [2.05, 4.69) is 165 Å². The summed E-state index contributed by atoms with van der Waals surface area (Å²) < 4.78 is 4.71. The van der Waals surface area contributed by atoms with Gasteiger partial charge >= 0.3 is 0 Å². The molecule has 0 aliphatic carbocycles. The lowest BCUT2D eigenvalue weighted by atomic mass is 9.63. The SMILES string of the molecule is c1ccc(C2(c3ccccc3)c3ccc(-n4c5ccccc5c5ccccc54)cc3-n3c(-c4ccncn4)nc4cccc2c43)cc1. The van der Waals surface area contributed by atoms with Crippen molar-refractivity contribution < 1.29 is 0 Å². The fourth-order valence-electron chi connectivity index (χ4n) is 7.93. The molecule has 0 saturated carbocycles. The minimum absolute atomic E-state index is 0.588. The number of aromatic nitrogens is 5. The first-order valence-electron chi connectivity index (χ1n) is 15.9. The first-order valence-corrected chi connectivity index (χ1v) is 15.9. The Morgan fingerprint density at radius 1 is 0.532 bits per heavy atom. The summed E-state index contributed by atoms with van der Waals surface area (Å²) in [6.07, 6.45) is 3.38. The van der Waals surface area contributed by atoms with Crippen LogP contribution in [0.5, 0.6) is 0 Å². The summed E-state index contributed by atoms with van der Waals surface area (Å²) in [5.41, 5.74) is 11.5. The largest absolute Gasteiger partial charge is 0.309 e. The van der Waals surface area contributed by atoms with E-state index >= 15 is 0 Å². The average molecular weight is 602 g/mol. The van der Waals surface area contributed by atoms with Gasteiger partial charge in [-0.25, -0.2) is 15.0 Å². The molecule has 0 unspecified atom stereocenters. The molecule has 0 N–H and O–H groups in total. The minimum Gasteiger partial charge on any atom is -0.309 e. The van der Waals surface area contributed by atoms with Gasteiger partial charge in [-0.15, -0.1) is 0 Å². The molecule has 0 amide bonds. The van der Waals surface area contributed by atoms with Gasteiger partial charge in [-0.1, -0.05) is 115 Å². The lowest BCUT2D eigenvalue weighted by molar-refractivity contribution is 0.724. The number of imidazole rings is 1. The van der Waals surface area contributed by atoms with Gasteiger partial charge in [0.1, 0.15) is 12.0 Å². The maximum atomic E-state index is 5.26. The fraction of sp³-hybridized carbons (Fsp3) is 0.0238. The molecule has 4 heterocycles. The highest BCUT2D eigenvalue weighted by Crippen LogP contribution is 2.53. The third kappa shape index (κ3) is 3.51. The molecule has 0 atom stereocenters. The summed E-state index contributed by atoms with van der Waals surface area (Å²) in [7, 11) is 0. The van der Waals surface area contributed by atoms with Crippen molar-refractivity contribution >= 4 is 32.8 Å². The second-order valence-electron chi connectivity index (χ2n) is 12.1. The van der Waals surface area contributed by atoms with Gasteiger partial charge in [0.25, 0.3) is 0 Å².